The van der Waals surface area contributed by atoms with Crippen molar-refractivity contribution in [1.82, 2.24) is 0 Å². The van der Waals surface area contributed by atoms with Crippen LogP contribution in [0, 0.1) is 5.82 Å². The molecule has 0 radical (unpaired) electrons. The molecule has 3 rings (SSSR count). The van der Waals surface area contributed by atoms with Gasteiger partial charge in [0.2, 0.25) is 0 Å². The van der Waals surface area contributed by atoms with E-state index in [1.54, 1.807) is 30.3 Å². The minimum atomic E-state index is -0.616. The lowest BCUT2D eigenvalue weighted by molar-refractivity contribution is -0.129. The summed E-state index contributed by atoms with van der Waals surface area (Å²) in [5, 5.41) is 2.32. The maximum absolute atomic E-state index is 14.5. The number of carbonyl (C=O) groups excluding carboxylic acids is 2. The number of halogens is 1. The van der Waals surface area contributed by atoms with Crippen LogP contribution in [0.3, 0.4) is 0 Å². The van der Waals surface area contributed by atoms with Gasteiger partial charge in [-0.15, -0.1) is 0 Å². The van der Waals surface area contributed by atoms with E-state index in [2.05, 4.69) is 13.2 Å². The average molecular weight is 336 g/mol. The Bertz CT molecular complexity index is 1040. The van der Waals surface area contributed by atoms with Gasteiger partial charge in [-0.1, -0.05) is 19.2 Å². The van der Waals surface area contributed by atoms with Gasteiger partial charge in [0.15, 0.2) is 0 Å². The minimum absolute atomic E-state index is 0.229. The maximum atomic E-state index is 14.5. The Balaban J connectivity index is 2.11. The van der Waals surface area contributed by atoms with Gasteiger partial charge in [-0.05, 0) is 52.6 Å². The van der Waals surface area contributed by atoms with Gasteiger partial charge in [-0.2, -0.15) is 0 Å². The normalized spacial score (nSPS) is 10.4. The van der Waals surface area contributed by atoms with Gasteiger partial charge in [-0.3, -0.25) is 0 Å². The molecule has 25 heavy (non-hydrogen) atoms. The summed E-state index contributed by atoms with van der Waals surface area (Å²) < 4.78 is 24.6. The first-order valence-corrected chi connectivity index (χ1v) is 7.36. The average Bonchev–Trinajstić information content (AvgIpc) is 2.61. The number of esters is 2. The number of fused-ring (bicyclic) bond motifs is 3. The second kappa shape index (κ2) is 6.57. The predicted molar refractivity (Wildman–Crippen MR) is 93.1 cm³/mol. The van der Waals surface area contributed by atoms with Crippen LogP contribution in [-0.4, -0.2) is 11.9 Å². The highest BCUT2D eigenvalue weighted by molar-refractivity contribution is 6.08. The zero-order chi connectivity index (χ0) is 18.0. The molecular formula is C20H13FO4. The molecule has 0 fully saturated rings. The topological polar surface area (TPSA) is 52.6 Å². The van der Waals surface area contributed by atoms with Crippen molar-refractivity contribution < 1.29 is 23.5 Å². The van der Waals surface area contributed by atoms with Crippen molar-refractivity contribution >= 4 is 33.5 Å². The maximum Gasteiger partial charge on any atom is 0.335 e. The van der Waals surface area contributed by atoms with Crippen molar-refractivity contribution in [1.29, 1.82) is 0 Å². The molecule has 0 aromatic heterocycles. The molecule has 3 aromatic carbocycles. The van der Waals surface area contributed by atoms with Crippen LogP contribution >= 0.6 is 0 Å². The highest BCUT2D eigenvalue weighted by Crippen LogP contribution is 2.32. The van der Waals surface area contributed by atoms with E-state index < -0.39 is 17.8 Å². The first kappa shape index (κ1) is 16.4. The molecule has 3 aromatic rings. The molecule has 0 saturated heterocycles. The summed E-state index contributed by atoms with van der Waals surface area (Å²) in [5.74, 6) is -1.16. The van der Waals surface area contributed by atoms with Crippen LogP contribution in [-0.2, 0) is 9.59 Å². The molecule has 0 aliphatic rings. The van der Waals surface area contributed by atoms with Gasteiger partial charge in [0.1, 0.15) is 17.3 Å². The first-order valence-electron chi connectivity index (χ1n) is 7.36. The Hall–Kier alpha value is -3.47. The summed E-state index contributed by atoms with van der Waals surface area (Å²) in [5.41, 5.74) is 0. The number of carbonyl (C=O) groups is 2. The zero-order valence-corrected chi connectivity index (χ0v) is 13.1. The van der Waals surface area contributed by atoms with Crippen LogP contribution in [0.4, 0.5) is 4.39 Å². The van der Waals surface area contributed by atoms with Gasteiger partial charge in [0.25, 0.3) is 0 Å². The monoisotopic (exact) mass is 336 g/mol. The molecule has 0 amide bonds. The molecule has 124 valence electrons. The Morgan fingerprint density at radius 2 is 1.36 bits per heavy atom. The van der Waals surface area contributed by atoms with Crippen LogP contribution in [0.1, 0.15) is 0 Å². The van der Waals surface area contributed by atoms with E-state index in [0.29, 0.717) is 21.9 Å². The standard InChI is InChI=1S/C20H13FO4/c1-3-19(22)24-13-5-7-15-12(9-13)10-18(21)17-11-14(6-8-16(15)17)25-20(23)4-2/h3-11H,1-2H2. The summed E-state index contributed by atoms with van der Waals surface area (Å²) in [6, 6.07) is 11.0. The van der Waals surface area contributed by atoms with Crippen LogP contribution in [0.25, 0.3) is 21.5 Å². The fraction of sp³-hybridized carbons (Fsp3) is 0. The lowest BCUT2D eigenvalue weighted by Gasteiger charge is -2.09. The van der Waals surface area contributed by atoms with Gasteiger partial charge in [-0.25, -0.2) is 14.0 Å². The Morgan fingerprint density at radius 3 is 1.96 bits per heavy atom. The quantitative estimate of drug-likeness (QED) is 0.308. The molecule has 0 aliphatic carbocycles. The number of rotatable bonds is 4. The largest absolute Gasteiger partial charge is 0.423 e. The lowest BCUT2D eigenvalue weighted by Crippen LogP contribution is -2.03. The smallest absolute Gasteiger partial charge is 0.335 e. The summed E-state index contributed by atoms with van der Waals surface area (Å²) in [6.45, 7) is 6.65. The van der Waals surface area contributed by atoms with E-state index in [-0.39, 0.29) is 5.75 Å². The van der Waals surface area contributed by atoms with Crippen molar-refractivity contribution in [3.05, 3.63) is 73.6 Å². The molecule has 5 heteroatoms. The molecule has 0 aliphatic heterocycles. The highest BCUT2D eigenvalue weighted by Gasteiger charge is 2.11. The summed E-state index contributed by atoms with van der Waals surface area (Å²) >= 11 is 0. The molecule has 0 unspecified atom stereocenters. The fourth-order valence-corrected chi connectivity index (χ4v) is 2.52. The van der Waals surface area contributed by atoms with E-state index in [9.17, 15) is 14.0 Å². The van der Waals surface area contributed by atoms with Crippen LogP contribution in [0.15, 0.2) is 67.8 Å². The van der Waals surface area contributed by atoms with E-state index in [1.807, 2.05) is 0 Å². The van der Waals surface area contributed by atoms with E-state index in [0.717, 1.165) is 17.5 Å². The third kappa shape index (κ3) is 3.26. The van der Waals surface area contributed by atoms with Crippen molar-refractivity contribution in [2.75, 3.05) is 0 Å². The van der Waals surface area contributed by atoms with Crippen LogP contribution in [0.2, 0.25) is 0 Å². The Morgan fingerprint density at radius 1 is 0.800 bits per heavy atom. The third-order valence-corrected chi connectivity index (χ3v) is 3.61. The van der Waals surface area contributed by atoms with E-state index in [4.69, 9.17) is 9.47 Å². The molecule has 0 spiro atoms. The lowest BCUT2D eigenvalue weighted by atomic mass is 10.0. The number of hydrogen-bond donors (Lipinski definition) is 0. The van der Waals surface area contributed by atoms with Crippen LogP contribution < -0.4 is 9.47 Å². The SMILES string of the molecule is C=CC(=O)Oc1ccc2c(c1)cc(F)c1cc(OC(=O)C=C)ccc12. The molecule has 0 atom stereocenters. The molecule has 4 nitrogen and oxygen atoms in total. The first-order chi connectivity index (χ1) is 12.0. The molecule has 0 N–H and O–H groups in total. The van der Waals surface area contributed by atoms with Gasteiger partial charge < -0.3 is 9.47 Å². The van der Waals surface area contributed by atoms with Gasteiger partial charge in [0.05, 0.1) is 0 Å². The fourth-order valence-electron chi connectivity index (χ4n) is 2.52. The number of hydrogen-bond acceptors (Lipinski definition) is 4. The molecule has 0 saturated carbocycles. The van der Waals surface area contributed by atoms with Crippen molar-refractivity contribution in [3.63, 3.8) is 0 Å². The van der Waals surface area contributed by atoms with Gasteiger partial charge >= 0.3 is 11.9 Å². The zero-order valence-electron chi connectivity index (χ0n) is 13.1. The Kier molecular flexibility index (Phi) is 4.31. The molecular weight excluding hydrogens is 323 g/mol. The second-order valence-electron chi connectivity index (χ2n) is 5.20. The highest BCUT2D eigenvalue weighted by atomic mass is 19.1. The van der Waals surface area contributed by atoms with Crippen LogP contribution in [0.5, 0.6) is 11.5 Å². The Labute approximate surface area is 142 Å². The summed E-state index contributed by atoms with van der Waals surface area (Å²) in [6.07, 6.45) is 2.09. The molecule has 0 bridgehead atoms. The predicted octanol–water partition coefficient (Wildman–Crippen LogP) is 4.31. The van der Waals surface area contributed by atoms with Crippen molar-refractivity contribution in [2.45, 2.75) is 0 Å². The van der Waals surface area contributed by atoms with Crippen molar-refractivity contribution in [3.8, 4) is 11.5 Å². The minimum Gasteiger partial charge on any atom is -0.423 e. The van der Waals surface area contributed by atoms with E-state index in [1.165, 1.54) is 12.1 Å². The third-order valence-electron chi connectivity index (χ3n) is 3.61. The van der Waals surface area contributed by atoms with Gasteiger partial charge in [0, 0.05) is 17.5 Å². The van der Waals surface area contributed by atoms with E-state index >= 15 is 0 Å². The second-order valence-corrected chi connectivity index (χ2v) is 5.20. The summed E-state index contributed by atoms with van der Waals surface area (Å²) in [4.78, 5) is 22.6. The number of ether oxygens (including phenoxy) is 2. The molecule has 0 heterocycles. The summed E-state index contributed by atoms with van der Waals surface area (Å²) in [7, 11) is 0. The van der Waals surface area contributed by atoms with Crippen molar-refractivity contribution in [2.24, 2.45) is 0 Å². The number of benzene rings is 3.